The standard InChI is InChI=1S/C15H12FNO2/c16-10-3-1-2-4-11(10)17-14(18)12-8-5-6-9(7-8)13(12)15(17)19/h1-6,8-9,12-13H,7H2/t8-,9-,12-,13+/m1/s1. The van der Waals surface area contributed by atoms with Crippen molar-refractivity contribution in [2.75, 3.05) is 4.90 Å². The van der Waals surface area contributed by atoms with Gasteiger partial charge >= 0.3 is 0 Å². The lowest BCUT2D eigenvalue weighted by molar-refractivity contribution is -0.123. The van der Waals surface area contributed by atoms with Crippen molar-refractivity contribution >= 4 is 17.5 Å². The molecular weight excluding hydrogens is 245 g/mol. The van der Waals surface area contributed by atoms with E-state index in [0.717, 1.165) is 11.3 Å². The normalized spacial score (nSPS) is 35.3. The number of carbonyl (C=O) groups is 2. The maximum atomic E-state index is 13.8. The number of amides is 2. The number of anilines is 1. The lowest BCUT2D eigenvalue weighted by Crippen LogP contribution is -2.33. The Morgan fingerprint density at radius 1 is 1.00 bits per heavy atom. The van der Waals surface area contributed by atoms with E-state index in [1.165, 1.54) is 12.1 Å². The molecule has 2 aliphatic carbocycles. The fraction of sp³-hybridized carbons (Fsp3) is 0.333. The summed E-state index contributed by atoms with van der Waals surface area (Å²) in [7, 11) is 0. The summed E-state index contributed by atoms with van der Waals surface area (Å²) < 4.78 is 13.8. The summed E-state index contributed by atoms with van der Waals surface area (Å²) in [5.41, 5.74) is 0.0892. The van der Waals surface area contributed by atoms with Crippen LogP contribution in [0.2, 0.25) is 0 Å². The highest BCUT2D eigenvalue weighted by Crippen LogP contribution is 2.53. The number of carbonyl (C=O) groups excluding carboxylic acids is 2. The Labute approximate surface area is 109 Å². The maximum Gasteiger partial charge on any atom is 0.238 e. The van der Waals surface area contributed by atoms with Crippen molar-refractivity contribution in [3.05, 3.63) is 42.2 Å². The first-order chi connectivity index (χ1) is 9.18. The van der Waals surface area contributed by atoms with E-state index in [-0.39, 0.29) is 41.2 Å². The summed E-state index contributed by atoms with van der Waals surface area (Å²) in [6, 6.07) is 5.95. The van der Waals surface area contributed by atoms with Gasteiger partial charge in [-0.05, 0) is 30.4 Å². The zero-order valence-electron chi connectivity index (χ0n) is 10.1. The number of fused-ring (bicyclic) bond motifs is 5. The number of nitrogens with zero attached hydrogens (tertiary/aromatic N) is 1. The van der Waals surface area contributed by atoms with Gasteiger partial charge in [-0.25, -0.2) is 9.29 Å². The number of allylic oxidation sites excluding steroid dienone is 2. The van der Waals surface area contributed by atoms with Crippen molar-refractivity contribution < 1.29 is 14.0 Å². The van der Waals surface area contributed by atoms with Gasteiger partial charge in [0.2, 0.25) is 11.8 Å². The largest absolute Gasteiger partial charge is 0.274 e. The Morgan fingerprint density at radius 3 is 2.16 bits per heavy atom. The van der Waals surface area contributed by atoms with Crippen LogP contribution in [-0.4, -0.2) is 11.8 Å². The van der Waals surface area contributed by atoms with Gasteiger partial charge in [-0.2, -0.15) is 0 Å². The van der Waals surface area contributed by atoms with Gasteiger partial charge in [-0.15, -0.1) is 0 Å². The fourth-order valence-electron chi connectivity index (χ4n) is 3.77. The first-order valence-electron chi connectivity index (χ1n) is 6.49. The lowest BCUT2D eigenvalue weighted by atomic mass is 9.85. The van der Waals surface area contributed by atoms with Crippen LogP contribution in [0.3, 0.4) is 0 Å². The Hall–Kier alpha value is -1.97. The second kappa shape index (κ2) is 3.53. The molecule has 0 N–H and O–H groups in total. The van der Waals surface area contributed by atoms with Crippen LogP contribution in [0, 0.1) is 29.5 Å². The van der Waals surface area contributed by atoms with Crippen LogP contribution in [0.15, 0.2) is 36.4 Å². The molecule has 1 aromatic carbocycles. The molecule has 0 spiro atoms. The Balaban J connectivity index is 1.79. The predicted octanol–water partition coefficient (Wildman–Crippen LogP) is 2.14. The van der Waals surface area contributed by atoms with Crippen LogP contribution in [0.4, 0.5) is 10.1 Å². The van der Waals surface area contributed by atoms with Gasteiger partial charge in [-0.3, -0.25) is 9.59 Å². The average Bonchev–Trinajstić information content (AvgIpc) is 3.06. The zero-order valence-corrected chi connectivity index (χ0v) is 10.1. The first-order valence-corrected chi connectivity index (χ1v) is 6.49. The van der Waals surface area contributed by atoms with Crippen molar-refractivity contribution in [2.45, 2.75) is 6.42 Å². The number of halogens is 1. The summed E-state index contributed by atoms with van der Waals surface area (Å²) in [6.07, 6.45) is 4.95. The third kappa shape index (κ3) is 1.26. The molecule has 4 atom stereocenters. The molecule has 2 bridgehead atoms. The minimum absolute atomic E-state index is 0.0892. The van der Waals surface area contributed by atoms with Crippen molar-refractivity contribution in [3.8, 4) is 0 Å². The van der Waals surface area contributed by atoms with Crippen molar-refractivity contribution in [2.24, 2.45) is 23.7 Å². The molecule has 3 aliphatic rings. The number of para-hydroxylation sites is 1. The third-order valence-electron chi connectivity index (χ3n) is 4.56. The van der Waals surface area contributed by atoms with Crippen LogP contribution in [0.25, 0.3) is 0 Å². The number of imide groups is 1. The van der Waals surface area contributed by atoms with Crippen LogP contribution >= 0.6 is 0 Å². The van der Waals surface area contributed by atoms with E-state index in [9.17, 15) is 14.0 Å². The highest BCUT2D eigenvalue weighted by molar-refractivity contribution is 6.22. The molecule has 96 valence electrons. The third-order valence-corrected chi connectivity index (χ3v) is 4.56. The van der Waals surface area contributed by atoms with E-state index in [1.54, 1.807) is 12.1 Å². The molecular formula is C15H12FNO2. The summed E-state index contributed by atoms with van der Waals surface area (Å²) in [5.74, 6) is -1.24. The van der Waals surface area contributed by atoms with Gasteiger partial charge < -0.3 is 0 Å². The summed E-state index contributed by atoms with van der Waals surface area (Å²) in [4.78, 5) is 25.9. The molecule has 4 rings (SSSR count). The average molecular weight is 257 g/mol. The SMILES string of the molecule is O=C1[C@@H]2[C@H](C(=O)N1c1ccccc1F)[C@@H]1C=C[C@@H]2C1. The number of benzene rings is 1. The molecule has 4 heteroatoms. The minimum Gasteiger partial charge on any atom is -0.274 e. The molecule has 2 amide bonds. The van der Waals surface area contributed by atoms with Gasteiger partial charge in [0.15, 0.2) is 0 Å². The van der Waals surface area contributed by atoms with E-state index >= 15 is 0 Å². The van der Waals surface area contributed by atoms with E-state index in [2.05, 4.69) is 0 Å². The Bertz CT molecular complexity index is 594. The summed E-state index contributed by atoms with van der Waals surface area (Å²) >= 11 is 0. The zero-order chi connectivity index (χ0) is 13.1. The van der Waals surface area contributed by atoms with Crippen molar-refractivity contribution in [3.63, 3.8) is 0 Å². The molecule has 3 nitrogen and oxygen atoms in total. The van der Waals surface area contributed by atoms with Gasteiger partial charge in [0.05, 0.1) is 17.5 Å². The lowest BCUT2D eigenvalue weighted by Gasteiger charge is -2.17. The van der Waals surface area contributed by atoms with Crippen LogP contribution in [0.1, 0.15) is 6.42 Å². The predicted molar refractivity (Wildman–Crippen MR) is 66.6 cm³/mol. The van der Waals surface area contributed by atoms with E-state index in [4.69, 9.17) is 0 Å². The maximum absolute atomic E-state index is 13.8. The molecule has 0 unspecified atom stereocenters. The van der Waals surface area contributed by atoms with Crippen molar-refractivity contribution in [1.82, 2.24) is 0 Å². The topological polar surface area (TPSA) is 37.4 Å². The molecule has 1 aromatic rings. The second-order valence-electron chi connectivity index (χ2n) is 5.46. The monoisotopic (exact) mass is 257 g/mol. The quantitative estimate of drug-likeness (QED) is 0.571. The molecule has 19 heavy (non-hydrogen) atoms. The van der Waals surface area contributed by atoms with Gasteiger partial charge in [0.1, 0.15) is 5.82 Å². The van der Waals surface area contributed by atoms with Crippen LogP contribution in [-0.2, 0) is 9.59 Å². The molecule has 1 heterocycles. The molecule has 0 aromatic heterocycles. The molecule has 1 saturated heterocycles. The highest BCUT2D eigenvalue weighted by atomic mass is 19.1. The van der Waals surface area contributed by atoms with E-state index in [0.29, 0.717) is 0 Å². The molecule has 1 aliphatic heterocycles. The van der Waals surface area contributed by atoms with Crippen LogP contribution in [0.5, 0.6) is 0 Å². The van der Waals surface area contributed by atoms with E-state index < -0.39 is 5.82 Å². The van der Waals surface area contributed by atoms with Gasteiger partial charge in [0, 0.05) is 0 Å². The smallest absolute Gasteiger partial charge is 0.238 e. The Morgan fingerprint density at radius 2 is 1.58 bits per heavy atom. The van der Waals surface area contributed by atoms with Crippen molar-refractivity contribution in [1.29, 1.82) is 0 Å². The summed E-state index contributed by atoms with van der Waals surface area (Å²) in [5, 5.41) is 0. The first kappa shape index (κ1) is 10.9. The minimum atomic E-state index is -0.524. The summed E-state index contributed by atoms with van der Waals surface area (Å²) in [6.45, 7) is 0. The number of hydrogen-bond acceptors (Lipinski definition) is 2. The Kier molecular flexibility index (Phi) is 2.03. The number of rotatable bonds is 1. The molecule has 0 radical (unpaired) electrons. The molecule has 2 fully saturated rings. The van der Waals surface area contributed by atoms with Gasteiger partial charge in [-0.1, -0.05) is 24.3 Å². The second-order valence-corrected chi connectivity index (χ2v) is 5.46. The van der Waals surface area contributed by atoms with Gasteiger partial charge in [0.25, 0.3) is 0 Å². The highest BCUT2D eigenvalue weighted by Gasteiger charge is 2.59. The number of hydrogen-bond donors (Lipinski definition) is 0. The molecule has 1 saturated carbocycles. The fourth-order valence-corrected chi connectivity index (χ4v) is 3.77. The van der Waals surface area contributed by atoms with E-state index in [1.807, 2.05) is 12.2 Å². The van der Waals surface area contributed by atoms with Crippen LogP contribution < -0.4 is 4.90 Å².